The average Bonchev–Trinajstić information content (AvgIpc) is 2.93. The Labute approximate surface area is 111 Å². The van der Waals surface area contributed by atoms with Gasteiger partial charge in [0.25, 0.3) is 0 Å². The molecule has 0 aliphatic carbocycles. The number of carbonyl (C=O) groups excluding carboxylic acids is 1. The predicted octanol–water partition coefficient (Wildman–Crippen LogP) is 0.607. The quantitative estimate of drug-likeness (QED) is 0.787. The molecule has 2 rings (SSSR count). The zero-order valence-electron chi connectivity index (χ0n) is 10.8. The number of carboxylic acid groups (broad SMARTS) is 1. The molecule has 2 N–H and O–H groups in total. The topological polar surface area (TPSA) is 69.6 Å². The zero-order chi connectivity index (χ0) is 13.3. The van der Waals surface area contributed by atoms with Crippen molar-refractivity contribution in [1.29, 1.82) is 0 Å². The van der Waals surface area contributed by atoms with E-state index >= 15 is 0 Å². The molecule has 0 radical (unpaired) electrons. The van der Waals surface area contributed by atoms with Crippen molar-refractivity contribution in [2.24, 2.45) is 11.8 Å². The van der Waals surface area contributed by atoms with Crippen LogP contribution in [-0.4, -0.2) is 52.1 Å². The second kappa shape index (κ2) is 5.48. The van der Waals surface area contributed by atoms with E-state index in [1.54, 1.807) is 16.7 Å². The molecule has 0 spiro atoms. The number of aliphatic carboxylic acids is 1. The van der Waals surface area contributed by atoms with Crippen molar-refractivity contribution in [2.75, 3.05) is 18.8 Å². The number of hydrogen-bond acceptors (Lipinski definition) is 4. The lowest BCUT2D eigenvalue weighted by atomic mass is 9.96. The van der Waals surface area contributed by atoms with E-state index in [0.717, 1.165) is 13.0 Å². The average molecular weight is 272 g/mol. The van der Waals surface area contributed by atoms with Crippen molar-refractivity contribution >= 4 is 23.6 Å². The molecular formula is C12H20N2O3S. The molecule has 6 heteroatoms. The number of carbonyl (C=O) groups is 2. The van der Waals surface area contributed by atoms with Gasteiger partial charge in [0.1, 0.15) is 6.04 Å². The van der Waals surface area contributed by atoms with Crippen molar-refractivity contribution in [3.63, 3.8) is 0 Å². The molecule has 18 heavy (non-hydrogen) atoms. The maximum Gasteiger partial charge on any atom is 0.327 e. The maximum absolute atomic E-state index is 12.6. The van der Waals surface area contributed by atoms with Gasteiger partial charge in [-0.05, 0) is 18.9 Å². The summed E-state index contributed by atoms with van der Waals surface area (Å²) in [6, 6.07) is -0.653. The molecule has 2 aliphatic rings. The number of nitrogens with one attached hydrogen (secondary N) is 1. The minimum Gasteiger partial charge on any atom is -0.480 e. The van der Waals surface area contributed by atoms with Crippen molar-refractivity contribution < 1.29 is 14.7 Å². The summed E-state index contributed by atoms with van der Waals surface area (Å²) in [7, 11) is 0. The van der Waals surface area contributed by atoms with Crippen LogP contribution >= 0.6 is 11.8 Å². The number of amides is 1. The van der Waals surface area contributed by atoms with Crippen LogP contribution in [0.25, 0.3) is 0 Å². The first-order valence-corrected chi connectivity index (χ1v) is 7.48. The van der Waals surface area contributed by atoms with Gasteiger partial charge < -0.3 is 15.3 Å². The Kier molecular flexibility index (Phi) is 4.17. The van der Waals surface area contributed by atoms with E-state index in [2.05, 4.69) is 5.32 Å². The number of rotatable bonds is 3. The van der Waals surface area contributed by atoms with Crippen LogP contribution in [0.1, 0.15) is 20.3 Å². The molecule has 0 aromatic rings. The third kappa shape index (κ3) is 2.36. The fourth-order valence-corrected chi connectivity index (χ4v) is 4.05. The van der Waals surface area contributed by atoms with Crippen LogP contribution in [0.4, 0.5) is 0 Å². The minimum atomic E-state index is -0.884. The first kappa shape index (κ1) is 13.7. The highest BCUT2D eigenvalue weighted by molar-refractivity contribution is 8.00. The highest BCUT2D eigenvalue weighted by atomic mass is 32.2. The lowest BCUT2D eigenvalue weighted by Gasteiger charge is -2.30. The lowest BCUT2D eigenvalue weighted by molar-refractivity contribution is -0.151. The summed E-state index contributed by atoms with van der Waals surface area (Å²) < 4.78 is 0. The number of hydrogen-bond donors (Lipinski definition) is 2. The Hall–Kier alpha value is -0.750. The third-order valence-corrected chi connectivity index (χ3v) is 5.27. The van der Waals surface area contributed by atoms with E-state index in [0.29, 0.717) is 12.3 Å². The Morgan fingerprint density at radius 2 is 2.17 bits per heavy atom. The van der Waals surface area contributed by atoms with Gasteiger partial charge in [0.05, 0.1) is 11.3 Å². The SMILES string of the molecule is CCC1SCC(C(=O)O)N1C(=O)[C@@H]1CNC[C@H]1C. The van der Waals surface area contributed by atoms with E-state index in [-0.39, 0.29) is 23.1 Å². The zero-order valence-corrected chi connectivity index (χ0v) is 11.6. The molecule has 1 amide bonds. The Morgan fingerprint density at radius 3 is 2.67 bits per heavy atom. The molecule has 4 atom stereocenters. The number of carboxylic acids is 1. The van der Waals surface area contributed by atoms with Gasteiger partial charge in [-0.2, -0.15) is 0 Å². The molecule has 0 aromatic heterocycles. The fraction of sp³-hybridized carbons (Fsp3) is 0.833. The second-order valence-electron chi connectivity index (χ2n) is 5.04. The van der Waals surface area contributed by atoms with Crippen LogP contribution < -0.4 is 5.32 Å². The monoisotopic (exact) mass is 272 g/mol. The summed E-state index contributed by atoms with van der Waals surface area (Å²) in [5, 5.41) is 12.5. The van der Waals surface area contributed by atoms with Gasteiger partial charge in [-0.15, -0.1) is 11.8 Å². The number of nitrogens with zero attached hydrogens (tertiary/aromatic N) is 1. The smallest absolute Gasteiger partial charge is 0.327 e. The molecule has 5 nitrogen and oxygen atoms in total. The van der Waals surface area contributed by atoms with Gasteiger partial charge in [-0.1, -0.05) is 13.8 Å². The normalized spacial score (nSPS) is 36.0. The Morgan fingerprint density at radius 1 is 1.44 bits per heavy atom. The Balaban J connectivity index is 2.16. The van der Waals surface area contributed by atoms with E-state index in [1.807, 2.05) is 13.8 Å². The molecule has 102 valence electrons. The summed E-state index contributed by atoms with van der Waals surface area (Å²) in [6.07, 6.45) is 0.800. The van der Waals surface area contributed by atoms with Crippen LogP contribution in [0.5, 0.6) is 0 Å². The third-order valence-electron chi connectivity index (χ3n) is 3.82. The van der Waals surface area contributed by atoms with E-state index < -0.39 is 12.0 Å². The lowest BCUT2D eigenvalue weighted by Crippen LogP contribution is -2.49. The van der Waals surface area contributed by atoms with Gasteiger partial charge in [0.2, 0.25) is 5.91 Å². The second-order valence-corrected chi connectivity index (χ2v) is 6.25. The first-order valence-electron chi connectivity index (χ1n) is 6.43. The van der Waals surface area contributed by atoms with Crippen molar-refractivity contribution in [3.05, 3.63) is 0 Å². The minimum absolute atomic E-state index is 0.0109. The molecule has 0 aromatic carbocycles. The number of thioether (sulfide) groups is 1. The molecule has 0 saturated carbocycles. The van der Waals surface area contributed by atoms with Gasteiger partial charge in [0, 0.05) is 12.3 Å². The van der Waals surface area contributed by atoms with Crippen LogP contribution in [0.3, 0.4) is 0 Å². The first-order chi connectivity index (χ1) is 8.56. The molecule has 2 fully saturated rings. The molecule has 2 saturated heterocycles. The molecule has 2 unspecified atom stereocenters. The van der Waals surface area contributed by atoms with Crippen molar-refractivity contribution in [1.82, 2.24) is 10.2 Å². The van der Waals surface area contributed by atoms with Gasteiger partial charge in [-0.25, -0.2) is 4.79 Å². The van der Waals surface area contributed by atoms with Crippen LogP contribution in [-0.2, 0) is 9.59 Å². The van der Waals surface area contributed by atoms with Crippen molar-refractivity contribution in [2.45, 2.75) is 31.7 Å². The van der Waals surface area contributed by atoms with Gasteiger partial charge >= 0.3 is 5.97 Å². The van der Waals surface area contributed by atoms with E-state index in [1.165, 1.54) is 0 Å². The largest absolute Gasteiger partial charge is 0.480 e. The molecule has 2 heterocycles. The van der Waals surface area contributed by atoms with E-state index in [9.17, 15) is 14.7 Å². The van der Waals surface area contributed by atoms with Crippen LogP contribution in [0.15, 0.2) is 0 Å². The molecule has 2 aliphatic heterocycles. The highest BCUT2D eigenvalue weighted by Crippen LogP contribution is 2.34. The summed E-state index contributed by atoms with van der Waals surface area (Å²) >= 11 is 1.58. The van der Waals surface area contributed by atoms with Crippen LogP contribution in [0, 0.1) is 11.8 Å². The summed E-state index contributed by atoms with van der Waals surface area (Å²) in [5.41, 5.74) is 0. The van der Waals surface area contributed by atoms with Crippen molar-refractivity contribution in [3.8, 4) is 0 Å². The molecular weight excluding hydrogens is 252 g/mol. The fourth-order valence-electron chi connectivity index (χ4n) is 2.70. The molecule has 0 bridgehead atoms. The predicted molar refractivity (Wildman–Crippen MR) is 70.3 cm³/mol. The van der Waals surface area contributed by atoms with E-state index in [4.69, 9.17) is 0 Å². The Bertz CT molecular complexity index is 350. The summed E-state index contributed by atoms with van der Waals surface area (Å²) in [5.74, 6) is -0.148. The summed E-state index contributed by atoms with van der Waals surface area (Å²) in [4.78, 5) is 25.4. The van der Waals surface area contributed by atoms with Gasteiger partial charge in [-0.3, -0.25) is 4.79 Å². The van der Waals surface area contributed by atoms with Gasteiger partial charge in [0.15, 0.2) is 0 Å². The standard InChI is InChI=1S/C12H20N2O3S/c1-3-10-14(9(6-18-10)12(16)17)11(15)8-5-13-4-7(8)2/h7-10,13H,3-6H2,1-2H3,(H,16,17)/t7-,8-,9?,10?/m1/s1. The highest BCUT2D eigenvalue weighted by Gasteiger charge is 2.44. The summed E-state index contributed by atoms with van der Waals surface area (Å²) in [6.45, 7) is 5.55. The maximum atomic E-state index is 12.6. The van der Waals surface area contributed by atoms with Crippen LogP contribution in [0.2, 0.25) is 0 Å².